The second kappa shape index (κ2) is 7.99. The fourth-order valence-electron chi connectivity index (χ4n) is 2.68. The van der Waals surface area contributed by atoms with Crippen LogP contribution < -0.4 is 10.1 Å². The Balaban J connectivity index is 1.39. The number of carbonyl (C=O) groups excluding carboxylic acids is 2. The van der Waals surface area contributed by atoms with E-state index in [0.29, 0.717) is 19.6 Å². The first-order valence-corrected chi connectivity index (χ1v) is 8.51. The van der Waals surface area contributed by atoms with Gasteiger partial charge < -0.3 is 15.0 Å². The molecule has 1 aliphatic heterocycles. The number of hydrogen-bond acceptors (Lipinski definition) is 3. The van der Waals surface area contributed by atoms with Crippen LogP contribution in [0, 0.1) is 18.7 Å². The van der Waals surface area contributed by atoms with Crippen molar-refractivity contribution in [2.24, 2.45) is 5.92 Å². The van der Waals surface area contributed by atoms with Gasteiger partial charge in [0.2, 0.25) is 5.91 Å². The number of likely N-dealkylation sites (tertiary alicyclic amines) is 1. The Labute approximate surface area is 151 Å². The highest BCUT2D eigenvalue weighted by Crippen LogP contribution is 2.18. The van der Waals surface area contributed by atoms with E-state index in [1.165, 1.54) is 22.6 Å². The van der Waals surface area contributed by atoms with Gasteiger partial charge in [-0.1, -0.05) is 42.0 Å². The molecule has 0 saturated carbocycles. The Bertz CT molecular complexity index is 786. The van der Waals surface area contributed by atoms with E-state index >= 15 is 0 Å². The number of nitrogens with zero attached hydrogens (tertiary/aromatic N) is 1. The van der Waals surface area contributed by atoms with Crippen molar-refractivity contribution in [1.82, 2.24) is 10.2 Å². The van der Waals surface area contributed by atoms with Gasteiger partial charge in [-0.15, -0.1) is 0 Å². The summed E-state index contributed by atoms with van der Waals surface area (Å²) in [6.45, 7) is 2.97. The molecule has 0 aromatic heterocycles. The number of halogens is 1. The molecule has 3 rings (SSSR count). The van der Waals surface area contributed by atoms with Crippen LogP contribution in [0.3, 0.4) is 0 Å². The number of nitrogens with one attached hydrogen (secondary N) is 1. The van der Waals surface area contributed by atoms with E-state index in [9.17, 15) is 14.0 Å². The Hall–Kier alpha value is -2.89. The molecule has 6 heteroatoms. The van der Waals surface area contributed by atoms with Crippen LogP contribution >= 0.6 is 0 Å². The molecule has 136 valence electrons. The second-order valence-corrected chi connectivity index (χ2v) is 6.42. The molecule has 1 N–H and O–H groups in total. The molecule has 26 heavy (non-hydrogen) atoms. The molecule has 1 saturated heterocycles. The lowest BCUT2D eigenvalue weighted by atomic mass is 9.99. The average molecular weight is 356 g/mol. The number of aryl methyl sites for hydroxylation is 1. The van der Waals surface area contributed by atoms with E-state index in [2.05, 4.69) is 5.32 Å². The lowest BCUT2D eigenvalue weighted by Gasteiger charge is -2.38. The van der Waals surface area contributed by atoms with Gasteiger partial charge in [-0.05, 0) is 24.6 Å². The minimum absolute atomic E-state index is 0.0498. The van der Waals surface area contributed by atoms with Crippen molar-refractivity contribution in [2.75, 3.05) is 19.7 Å². The summed E-state index contributed by atoms with van der Waals surface area (Å²) >= 11 is 0. The molecule has 1 fully saturated rings. The third kappa shape index (κ3) is 4.39. The fourth-order valence-corrected chi connectivity index (χ4v) is 2.68. The highest BCUT2D eigenvalue weighted by molar-refractivity contribution is 5.85. The molecule has 2 aromatic rings. The Morgan fingerprint density at radius 2 is 1.85 bits per heavy atom. The SMILES string of the molecule is Cc1ccc(CNC(=O)C2CN(C(=O)COc3ccccc3F)C2)cc1. The second-order valence-electron chi connectivity index (χ2n) is 6.42. The quantitative estimate of drug-likeness (QED) is 0.864. The summed E-state index contributed by atoms with van der Waals surface area (Å²) in [7, 11) is 0. The van der Waals surface area contributed by atoms with E-state index in [1.54, 1.807) is 12.1 Å². The minimum Gasteiger partial charge on any atom is -0.481 e. The predicted molar refractivity (Wildman–Crippen MR) is 95.0 cm³/mol. The Morgan fingerprint density at radius 1 is 1.15 bits per heavy atom. The topological polar surface area (TPSA) is 58.6 Å². The lowest BCUT2D eigenvalue weighted by Crippen LogP contribution is -2.56. The van der Waals surface area contributed by atoms with E-state index in [1.807, 2.05) is 31.2 Å². The largest absolute Gasteiger partial charge is 0.481 e. The number of hydrogen-bond donors (Lipinski definition) is 1. The van der Waals surface area contributed by atoms with E-state index < -0.39 is 5.82 Å². The summed E-state index contributed by atoms with van der Waals surface area (Å²) in [6, 6.07) is 13.9. The normalized spacial score (nSPS) is 13.8. The standard InChI is InChI=1S/C20H21FN2O3/c1-14-6-8-15(9-7-14)10-22-20(25)16-11-23(12-16)19(24)13-26-18-5-3-2-4-17(18)21/h2-9,16H,10-13H2,1H3,(H,22,25). The van der Waals surface area contributed by atoms with Gasteiger partial charge in [-0.3, -0.25) is 9.59 Å². The van der Waals surface area contributed by atoms with Crippen LogP contribution in [0.15, 0.2) is 48.5 Å². The maximum atomic E-state index is 13.4. The molecule has 1 heterocycles. The highest BCUT2D eigenvalue weighted by Gasteiger charge is 2.35. The van der Waals surface area contributed by atoms with Crippen molar-refractivity contribution in [3.63, 3.8) is 0 Å². The number of ether oxygens (including phenoxy) is 1. The molecule has 2 aromatic carbocycles. The third-order valence-corrected chi connectivity index (χ3v) is 4.38. The van der Waals surface area contributed by atoms with Gasteiger partial charge in [-0.2, -0.15) is 0 Å². The van der Waals surface area contributed by atoms with Crippen molar-refractivity contribution < 1.29 is 18.7 Å². The van der Waals surface area contributed by atoms with Crippen LogP contribution in [-0.4, -0.2) is 36.4 Å². The van der Waals surface area contributed by atoms with Crippen LogP contribution in [0.1, 0.15) is 11.1 Å². The molecule has 0 aliphatic carbocycles. The van der Waals surface area contributed by atoms with Gasteiger partial charge >= 0.3 is 0 Å². The van der Waals surface area contributed by atoms with Crippen molar-refractivity contribution in [3.05, 3.63) is 65.5 Å². The van der Waals surface area contributed by atoms with Gasteiger partial charge in [0, 0.05) is 19.6 Å². The fraction of sp³-hybridized carbons (Fsp3) is 0.300. The first-order chi connectivity index (χ1) is 12.5. The molecule has 0 spiro atoms. The number of amides is 2. The summed E-state index contributed by atoms with van der Waals surface area (Å²) in [6.07, 6.45) is 0. The van der Waals surface area contributed by atoms with Gasteiger partial charge in [0.05, 0.1) is 5.92 Å². The number of carbonyl (C=O) groups is 2. The van der Waals surface area contributed by atoms with Crippen LogP contribution in [0.5, 0.6) is 5.75 Å². The lowest BCUT2D eigenvalue weighted by molar-refractivity contribution is -0.144. The van der Waals surface area contributed by atoms with E-state index in [-0.39, 0.29) is 30.1 Å². The smallest absolute Gasteiger partial charge is 0.260 e. The zero-order valence-electron chi connectivity index (χ0n) is 14.6. The number of benzene rings is 2. The minimum atomic E-state index is -0.503. The van der Waals surface area contributed by atoms with Crippen molar-refractivity contribution in [1.29, 1.82) is 0 Å². The zero-order valence-corrected chi connectivity index (χ0v) is 14.6. The highest BCUT2D eigenvalue weighted by atomic mass is 19.1. The van der Waals surface area contributed by atoms with Gasteiger partial charge in [-0.25, -0.2) is 4.39 Å². The number of para-hydroxylation sites is 1. The summed E-state index contributed by atoms with van der Waals surface area (Å²) < 4.78 is 18.6. The average Bonchev–Trinajstić information content (AvgIpc) is 2.59. The summed E-state index contributed by atoms with van der Waals surface area (Å²) in [5, 5.41) is 2.89. The van der Waals surface area contributed by atoms with Crippen LogP contribution in [0.25, 0.3) is 0 Å². The molecular weight excluding hydrogens is 335 g/mol. The molecular formula is C20H21FN2O3. The maximum absolute atomic E-state index is 13.4. The molecule has 0 atom stereocenters. The first kappa shape index (κ1) is 17.9. The summed E-state index contributed by atoms with van der Waals surface area (Å²) in [5.74, 6) is -0.982. The molecule has 5 nitrogen and oxygen atoms in total. The molecule has 2 amide bonds. The van der Waals surface area contributed by atoms with Crippen molar-refractivity contribution >= 4 is 11.8 Å². The van der Waals surface area contributed by atoms with Crippen LogP contribution in [-0.2, 0) is 16.1 Å². The zero-order chi connectivity index (χ0) is 18.5. The van der Waals surface area contributed by atoms with Gasteiger partial charge in [0.15, 0.2) is 18.2 Å². The van der Waals surface area contributed by atoms with Crippen molar-refractivity contribution in [3.8, 4) is 5.75 Å². The van der Waals surface area contributed by atoms with Gasteiger partial charge in [0.25, 0.3) is 5.91 Å². The Kier molecular flexibility index (Phi) is 5.51. The predicted octanol–water partition coefficient (Wildman–Crippen LogP) is 2.29. The van der Waals surface area contributed by atoms with Crippen molar-refractivity contribution in [2.45, 2.75) is 13.5 Å². The third-order valence-electron chi connectivity index (χ3n) is 4.38. The first-order valence-electron chi connectivity index (χ1n) is 8.51. The van der Waals surface area contributed by atoms with Crippen LogP contribution in [0.2, 0.25) is 0 Å². The van der Waals surface area contributed by atoms with Gasteiger partial charge in [0.1, 0.15) is 0 Å². The molecule has 0 unspecified atom stereocenters. The van der Waals surface area contributed by atoms with Crippen LogP contribution in [0.4, 0.5) is 4.39 Å². The summed E-state index contributed by atoms with van der Waals surface area (Å²) in [4.78, 5) is 25.7. The Morgan fingerprint density at radius 3 is 2.54 bits per heavy atom. The van der Waals surface area contributed by atoms with E-state index in [0.717, 1.165) is 5.56 Å². The van der Waals surface area contributed by atoms with E-state index in [4.69, 9.17) is 4.74 Å². The number of rotatable bonds is 6. The molecule has 0 bridgehead atoms. The molecule has 1 aliphatic rings. The maximum Gasteiger partial charge on any atom is 0.260 e. The monoisotopic (exact) mass is 356 g/mol. The summed E-state index contributed by atoms with van der Waals surface area (Å²) in [5.41, 5.74) is 2.21. The molecule has 0 radical (unpaired) electrons.